The number of nitrogens with zero attached hydrogens (tertiary/aromatic N) is 1. The van der Waals surface area contributed by atoms with Crippen molar-refractivity contribution in [3.8, 4) is 0 Å². The lowest BCUT2D eigenvalue weighted by molar-refractivity contribution is -0.150. The Labute approximate surface area is 193 Å². The standard InChI is InChI=1S/C23H30ClN3O5/c1-14-16(24)6-5-7-17(14)25-18(28)13-32-19(29)12-27-20(30)23(26-21(27)31)10-8-15(9-11-23)22(2,3)4/h5-7,15H,8-13H2,1-4H3,(H,25,28)(H,26,31). The normalized spacial score (nSPS) is 23.3. The quantitative estimate of drug-likeness (QED) is 0.512. The monoisotopic (exact) mass is 463 g/mol. The second kappa shape index (κ2) is 9.10. The van der Waals surface area contributed by atoms with E-state index in [2.05, 4.69) is 31.4 Å². The first-order valence-corrected chi connectivity index (χ1v) is 11.2. The number of urea groups is 1. The maximum absolute atomic E-state index is 13.0. The smallest absolute Gasteiger partial charge is 0.326 e. The second-order valence-electron chi connectivity index (χ2n) is 9.67. The van der Waals surface area contributed by atoms with Gasteiger partial charge in [-0.05, 0) is 61.6 Å². The molecule has 32 heavy (non-hydrogen) atoms. The average molecular weight is 464 g/mol. The summed E-state index contributed by atoms with van der Waals surface area (Å²) in [7, 11) is 0. The van der Waals surface area contributed by atoms with Crippen LogP contribution in [0, 0.1) is 18.3 Å². The van der Waals surface area contributed by atoms with Gasteiger partial charge in [0.1, 0.15) is 12.1 Å². The first-order chi connectivity index (χ1) is 14.9. The van der Waals surface area contributed by atoms with Gasteiger partial charge in [0, 0.05) is 10.7 Å². The molecule has 1 saturated carbocycles. The van der Waals surface area contributed by atoms with Crippen molar-refractivity contribution < 1.29 is 23.9 Å². The number of amides is 4. The molecule has 2 fully saturated rings. The van der Waals surface area contributed by atoms with Crippen LogP contribution in [-0.4, -0.2) is 47.4 Å². The largest absolute Gasteiger partial charge is 0.454 e. The Morgan fingerprint density at radius 1 is 1.25 bits per heavy atom. The zero-order valence-corrected chi connectivity index (χ0v) is 19.7. The highest BCUT2D eigenvalue weighted by molar-refractivity contribution is 6.31. The number of hydrogen-bond donors (Lipinski definition) is 2. The summed E-state index contributed by atoms with van der Waals surface area (Å²) in [4.78, 5) is 50.6. The van der Waals surface area contributed by atoms with E-state index in [-0.39, 0.29) is 5.41 Å². The molecule has 0 radical (unpaired) electrons. The average Bonchev–Trinajstić information content (AvgIpc) is 2.93. The number of imide groups is 1. The molecule has 2 aliphatic rings. The maximum Gasteiger partial charge on any atom is 0.326 e. The number of anilines is 1. The van der Waals surface area contributed by atoms with Gasteiger partial charge in [-0.25, -0.2) is 4.79 Å². The predicted octanol–water partition coefficient (Wildman–Crippen LogP) is 3.66. The lowest BCUT2D eigenvalue weighted by atomic mass is 9.67. The van der Waals surface area contributed by atoms with E-state index in [1.165, 1.54) is 0 Å². The van der Waals surface area contributed by atoms with E-state index >= 15 is 0 Å². The van der Waals surface area contributed by atoms with Crippen molar-refractivity contribution in [2.24, 2.45) is 11.3 Å². The van der Waals surface area contributed by atoms with Crippen LogP contribution in [0.2, 0.25) is 5.02 Å². The number of ether oxygens (including phenoxy) is 1. The van der Waals surface area contributed by atoms with Crippen molar-refractivity contribution in [3.63, 3.8) is 0 Å². The van der Waals surface area contributed by atoms with Crippen LogP contribution in [0.5, 0.6) is 0 Å². The van der Waals surface area contributed by atoms with E-state index in [0.717, 1.165) is 17.7 Å². The lowest BCUT2D eigenvalue weighted by Crippen LogP contribution is -2.50. The van der Waals surface area contributed by atoms with E-state index in [4.69, 9.17) is 16.3 Å². The van der Waals surface area contributed by atoms with Gasteiger partial charge in [-0.2, -0.15) is 0 Å². The van der Waals surface area contributed by atoms with Crippen molar-refractivity contribution in [3.05, 3.63) is 28.8 Å². The van der Waals surface area contributed by atoms with Gasteiger partial charge in [0.05, 0.1) is 0 Å². The van der Waals surface area contributed by atoms with Crippen LogP contribution in [0.1, 0.15) is 52.0 Å². The number of esters is 1. The molecule has 0 aromatic heterocycles. The van der Waals surface area contributed by atoms with E-state index in [1.807, 2.05) is 0 Å². The minimum absolute atomic E-state index is 0.140. The number of carbonyl (C=O) groups excluding carboxylic acids is 4. The minimum Gasteiger partial charge on any atom is -0.454 e. The molecule has 0 unspecified atom stereocenters. The summed E-state index contributed by atoms with van der Waals surface area (Å²) in [6.07, 6.45) is 2.76. The van der Waals surface area contributed by atoms with Gasteiger partial charge in [-0.3, -0.25) is 19.3 Å². The Bertz CT molecular complexity index is 932. The Morgan fingerprint density at radius 3 is 2.53 bits per heavy atom. The van der Waals surface area contributed by atoms with Gasteiger partial charge in [-0.15, -0.1) is 0 Å². The summed E-state index contributed by atoms with van der Waals surface area (Å²) in [5.74, 6) is -1.30. The SMILES string of the molecule is Cc1c(Cl)cccc1NC(=O)COC(=O)CN1C(=O)NC2(CCC(C(C)(C)C)CC2)C1=O. The molecule has 0 bridgehead atoms. The zero-order chi connectivity index (χ0) is 23.7. The van der Waals surface area contributed by atoms with Gasteiger partial charge in [0.15, 0.2) is 6.61 Å². The highest BCUT2D eigenvalue weighted by atomic mass is 35.5. The molecule has 9 heteroatoms. The van der Waals surface area contributed by atoms with Crippen molar-refractivity contribution in [1.29, 1.82) is 0 Å². The molecule has 8 nitrogen and oxygen atoms in total. The number of rotatable bonds is 5. The highest BCUT2D eigenvalue weighted by Crippen LogP contribution is 2.43. The molecule has 0 atom stereocenters. The summed E-state index contributed by atoms with van der Waals surface area (Å²) in [5, 5.41) is 5.92. The maximum atomic E-state index is 13.0. The van der Waals surface area contributed by atoms with E-state index in [0.29, 0.717) is 35.0 Å². The van der Waals surface area contributed by atoms with Crippen LogP contribution < -0.4 is 10.6 Å². The third-order valence-corrected chi connectivity index (χ3v) is 6.91. The molecule has 3 rings (SSSR count). The van der Waals surface area contributed by atoms with Crippen molar-refractivity contribution in [2.45, 2.75) is 58.9 Å². The van der Waals surface area contributed by atoms with Gasteiger partial charge in [0.25, 0.3) is 11.8 Å². The lowest BCUT2D eigenvalue weighted by Gasteiger charge is -2.40. The topological polar surface area (TPSA) is 105 Å². The van der Waals surface area contributed by atoms with Crippen LogP contribution in [0.25, 0.3) is 0 Å². The molecule has 1 saturated heterocycles. The zero-order valence-electron chi connectivity index (χ0n) is 18.9. The fourth-order valence-corrected chi connectivity index (χ4v) is 4.56. The van der Waals surface area contributed by atoms with Crippen molar-refractivity contribution in [1.82, 2.24) is 10.2 Å². The van der Waals surface area contributed by atoms with Crippen molar-refractivity contribution >= 4 is 41.1 Å². The fraction of sp³-hybridized carbons (Fsp3) is 0.565. The minimum atomic E-state index is -0.944. The molecule has 1 aromatic carbocycles. The molecule has 1 aliphatic carbocycles. The first-order valence-electron chi connectivity index (χ1n) is 10.8. The summed E-state index contributed by atoms with van der Waals surface area (Å²) in [5.41, 5.74) is 0.404. The summed E-state index contributed by atoms with van der Waals surface area (Å²) < 4.78 is 4.98. The fourth-order valence-electron chi connectivity index (χ4n) is 4.39. The molecular formula is C23H30ClN3O5. The summed E-state index contributed by atoms with van der Waals surface area (Å²) >= 11 is 6.03. The van der Waals surface area contributed by atoms with Gasteiger partial charge in [-0.1, -0.05) is 38.4 Å². The molecular weight excluding hydrogens is 434 g/mol. The molecule has 174 valence electrons. The number of nitrogens with one attached hydrogen (secondary N) is 2. The van der Waals surface area contributed by atoms with Crippen LogP contribution in [0.15, 0.2) is 18.2 Å². The molecule has 1 heterocycles. The second-order valence-corrected chi connectivity index (χ2v) is 10.1. The van der Waals surface area contributed by atoms with Gasteiger partial charge < -0.3 is 15.4 Å². The highest BCUT2D eigenvalue weighted by Gasteiger charge is 2.53. The van der Waals surface area contributed by atoms with E-state index in [9.17, 15) is 19.2 Å². The number of halogens is 1. The molecule has 1 spiro atoms. The summed E-state index contributed by atoms with van der Waals surface area (Å²) in [6.45, 7) is 7.22. The Morgan fingerprint density at radius 2 is 1.91 bits per heavy atom. The van der Waals surface area contributed by atoms with Gasteiger partial charge >= 0.3 is 12.0 Å². The Balaban J connectivity index is 1.52. The van der Waals surface area contributed by atoms with Crippen LogP contribution in [-0.2, 0) is 19.1 Å². The third kappa shape index (κ3) is 5.06. The molecule has 4 amide bonds. The predicted molar refractivity (Wildman–Crippen MR) is 120 cm³/mol. The number of hydrogen-bond acceptors (Lipinski definition) is 5. The van der Waals surface area contributed by atoms with Crippen LogP contribution >= 0.6 is 11.6 Å². The third-order valence-electron chi connectivity index (χ3n) is 6.50. The van der Waals surface area contributed by atoms with Crippen LogP contribution in [0.3, 0.4) is 0 Å². The Hall–Kier alpha value is -2.61. The molecule has 1 aliphatic heterocycles. The van der Waals surface area contributed by atoms with Gasteiger partial charge in [0.2, 0.25) is 0 Å². The van der Waals surface area contributed by atoms with E-state index in [1.54, 1.807) is 25.1 Å². The first kappa shape index (κ1) is 24.0. The summed E-state index contributed by atoms with van der Waals surface area (Å²) in [6, 6.07) is 4.48. The van der Waals surface area contributed by atoms with Crippen molar-refractivity contribution in [2.75, 3.05) is 18.5 Å². The molecule has 2 N–H and O–H groups in total. The Kier molecular flexibility index (Phi) is 6.83. The number of carbonyl (C=O) groups is 4. The van der Waals surface area contributed by atoms with Crippen LogP contribution in [0.4, 0.5) is 10.5 Å². The molecule has 1 aromatic rings. The number of benzene rings is 1. The van der Waals surface area contributed by atoms with E-state index < -0.39 is 42.5 Å².